The number of benzene rings is 1. The molecule has 0 amide bonds. The number of likely N-dealkylation sites (N-methyl/N-ethyl adjacent to an activating group) is 1. The van der Waals surface area contributed by atoms with Gasteiger partial charge in [0.2, 0.25) is 6.79 Å². The van der Waals surface area contributed by atoms with Gasteiger partial charge in [0.1, 0.15) is 0 Å². The van der Waals surface area contributed by atoms with Gasteiger partial charge >= 0.3 is 0 Å². The maximum Gasteiger partial charge on any atom is 0.231 e. The molecule has 1 N–H and O–H groups in total. The van der Waals surface area contributed by atoms with Crippen molar-refractivity contribution in [2.75, 3.05) is 40.6 Å². The SMILES string of the molecule is CNC(CN1CCC(OC)CC1)c1ccc2c(c1)OCO2. The summed E-state index contributed by atoms with van der Waals surface area (Å²) < 4.78 is 16.3. The number of ether oxygens (including phenoxy) is 3. The van der Waals surface area contributed by atoms with Gasteiger partial charge in [-0.3, -0.25) is 0 Å². The summed E-state index contributed by atoms with van der Waals surface area (Å²) in [7, 11) is 3.82. The van der Waals surface area contributed by atoms with Gasteiger partial charge in [-0.25, -0.2) is 0 Å². The summed E-state index contributed by atoms with van der Waals surface area (Å²) in [5.41, 5.74) is 1.25. The average Bonchev–Trinajstić information content (AvgIpc) is 3.00. The third kappa shape index (κ3) is 3.31. The quantitative estimate of drug-likeness (QED) is 0.896. The van der Waals surface area contributed by atoms with Crippen molar-refractivity contribution in [2.45, 2.75) is 25.0 Å². The maximum atomic E-state index is 5.47. The topological polar surface area (TPSA) is 43.0 Å². The Balaban J connectivity index is 1.63. The number of rotatable bonds is 5. The van der Waals surface area contributed by atoms with Crippen molar-refractivity contribution in [3.8, 4) is 11.5 Å². The van der Waals surface area contributed by atoms with Gasteiger partial charge in [-0.15, -0.1) is 0 Å². The van der Waals surface area contributed by atoms with Gasteiger partial charge in [-0.1, -0.05) is 6.07 Å². The second-order valence-corrected chi connectivity index (χ2v) is 5.69. The summed E-state index contributed by atoms with van der Waals surface area (Å²) in [6.45, 7) is 3.53. The molecule has 0 bridgehead atoms. The molecule has 3 rings (SSSR count). The van der Waals surface area contributed by atoms with E-state index >= 15 is 0 Å². The highest BCUT2D eigenvalue weighted by atomic mass is 16.7. The van der Waals surface area contributed by atoms with E-state index in [1.54, 1.807) is 0 Å². The first kappa shape index (κ1) is 14.6. The van der Waals surface area contributed by atoms with Crippen LogP contribution in [0.4, 0.5) is 0 Å². The lowest BCUT2D eigenvalue weighted by Gasteiger charge is -2.33. The van der Waals surface area contributed by atoms with Crippen LogP contribution in [0.25, 0.3) is 0 Å². The monoisotopic (exact) mass is 292 g/mol. The molecule has 2 aliphatic rings. The number of nitrogens with one attached hydrogen (secondary N) is 1. The van der Waals surface area contributed by atoms with Crippen LogP contribution in [0.5, 0.6) is 11.5 Å². The summed E-state index contributed by atoms with van der Waals surface area (Å²) >= 11 is 0. The Morgan fingerprint density at radius 3 is 2.76 bits per heavy atom. The molecule has 0 aliphatic carbocycles. The van der Waals surface area contributed by atoms with Crippen LogP contribution in [0.3, 0.4) is 0 Å². The molecule has 1 unspecified atom stereocenters. The minimum Gasteiger partial charge on any atom is -0.454 e. The second kappa shape index (κ2) is 6.64. The number of hydrogen-bond donors (Lipinski definition) is 1. The zero-order valence-electron chi connectivity index (χ0n) is 12.8. The number of likely N-dealkylation sites (tertiary alicyclic amines) is 1. The van der Waals surface area contributed by atoms with Crippen LogP contribution in [0, 0.1) is 0 Å². The molecule has 1 aromatic carbocycles. The Bertz CT molecular complexity index is 473. The molecule has 5 nitrogen and oxygen atoms in total. The third-order valence-electron chi connectivity index (χ3n) is 4.46. The first-order chi connectivity index (χ1) is 10.3. The van der Waals surface area contributed by atoms with Gasteiger partial charge in [0, 0.05) is 32.8 Å². The molecule has 0 saturated carbocycles. The van der Waals surface area contributed by atoms with Crippen molar-refractivity contribution in [3.05, 3.63) is 23.8 Å². The van der Waals surface area contributed by atoms with Gasteiger partial charge in [0.05, 0.1) is 6.10 Å². The zero-order chi connectivity index (χ0) is 14.7. The predicted molar refractivity (Wildman–Crippen MR) is 80.8 cm³/mol. The molecule has 1 atom stereocenters. The van der Waals surface area contributed by atoms with Crippen molar-refractivity contribution in [3.63, 3.8) is 0 Å². The van der Waals surface area contributed by atoms with E-state index < -0.39 is 0 Å². The summed E-state index contributed by atoms with van der Waals surface area (Å²) in [5, 5.41) is 3.41. The van der Waals surface area contributed by atoms with Gasteiger partial charge < -0.3 is 24.4 Å². The van der Waals surface area contributed by atoms with Gasteiger partial charge in [-0.05, 0) is 37.6 Å². The Kier molecular flexibility index (Phi) is 4.63. The molecule has 1 fully saturated rings. The summed E-state index contributed by atoms with van der Waals surface area (Å²) in [6, 6.07) is 6.51. The molecule has 2 heterocycles. The average molecular weight is 292 g/mol. The first-order valence-corrected chi connectivity index (χ1v) is 7.62. The maximum absolute atomic E-state index is 5.47. The Hall–Kier alpha value is -1.30. The Morgan fingerprint density at radius 1 is 1.29 bits per heavy atom. The third-order valence-corrected chi connectivity index (χ3v) is 4.46. The number of hydrogen-bond acceptors (Lipinski definition) is 5. The summed E-state index contributed by atoms with van der Waals surface area (Å²) in [4.78, 5) is 2.50. The minimum atomic E-state index is 0.304. The number of nitrogens with zero attached hydrogens (tertiary/aromatic N) is 1. The Morgan fingerprint density at radius 2 is 2.05 bits per heavy atom. The molecule has 0 aromatic heterocycles. The van der Waals surface area contributed by atoms with Crippen LogP contribution in [0.2, 0.25) is 0 Å². The predicted octanol–water partition coefficient (Wildman–Crippen LogP) is 1.79. The molecule has 0 spiro atoms. The molecule has 1 saturated heterocycles. The van der Waals surface area contributed by atoms with E-state index in [1.807, 2.05) is 20.2 Å². The fourth-order valence-electron chi connectivity index (χ4n) is 3.08. The van der Waals surface area contributed by atoms with E-state index in [4.69, 9.17) is 14.2 Å². The highest BCUT2D eigenvalue weighted by molar-refractivity contribution is 5.45. The molecule has 1 aromatic rings. The Labute approximate surface area is 126 Å². The molecule has 5 heteroatoms. The van der Waals surface area contributed by atoms with Gasteiger partial charge in [-0.2, -0.15) is 0 Å². The van der Waals surface area contributed by atoms with E-state index in [2.05, 4.69) is 22.3 Å². The number of fused-ring (bicyclic) bond motifs is 1. The van der Waals surface area contributed by atoms with Crippen LogP contribution in [0.15, 0.2) is 18.2 Å². The highest BCUT2D eigenvalue weighted by Gasteiger charge is 2.23. The molecular weight excluding hydrogens is 268 g/mol. The van der Waals surface area contributed by atoms with Crippen LogP contribution in [0.1, 0.15) is 24.4 Å². The normalized spacial score (nSPS) is 20.7. The second-order valence-electron chi connectivity index (χ2n) is 5.69. The fraction of sp³-hybridized carbons (Fsp3) is 0.625. The van der Waals surface area contributed by atoms with Crippen molar-refractivity contribution < 1.29 is 14.2 Å². The van der Waals surface area contributed by atoms with Crippen LogP contribution in [-0.4, -0.2) is 51.6 Å². The van der Waals surface area contributed by atoms with E-state index in [0.717, 1.165) is 44.0 Å². The van der Waals surface area contributed by atoms with Crippen molar-refractivity contribution >= 4 is 0 Å². The molecule has 116 valence electrons. The summed E-state index contributed by atoms with van der Waals surface area (Å²) in [6.07, 6.45) is 2.67. The van der Waals surface area contributed by atoms with Crippen LogP contribution < -0.4 is 14.8 Å². The molecule has 21 heavy (non-hydrogen) atoms. The van der Waals surface area contributed by atoms with Gasteiger partial charge in [0.25, 0.3) is 0 Å². The largest absolute Gasteiger partial charge is 0.454 e. The van der Waals surface area contributed by atoms with Crippen molar-refractivity contribution in [1.82, 2.24) is 10.2 Å². The highest BCUT2D eigenvalue weighted by Crippen LogP contribution is 2.34. The molecule has 0 radical (unpaired) electrons. The zero-order valence-corrected chi connectivity index (χ0v) is 12.8. The van der Waals surface area contributed by atoms with Crippen molar-refractivity contribution in [1.29, 1.82) is 0 Å². The van der Waals surface area contributed by atoms with Crippen LogP contribution >= 0.6 is 0 Å². The van der Waals surface area contributed by atoms with Crippen LogP contribution in [-0.2, 0) is 4.74 Å². The lowest BCUT2D eigenvalue weighted by molar-refractivity contribution is 0.0386. The molecule has 2 aliphatic heterocycles. The standard InChI is InChI=1S/C16H24N2O3/c1-17-14(10-18-7-5-13(19-2)6-8-18)12-3-4-15-16(9-12)21-11-20-15/h3-4,9,13-14,17H,5-8,10-11H2,1-2H3. The number of piperidine rings is 1. The fourth-order valence-corrected chi connectivity index (χ4v) is 3.08. The van der Waals surface area contributed by atoms with E-state index in [-0.39, 0.29) is 0 Å². The minimum absolute atomic E-state index is 0.304. The van der Waals surface area contributed by atoms with Crippen molar-refractivity contribution in [2.24, 2.45) is 0 Å². The lowest BCUT2D eigenvalue weighted by Crippen LogP contribution is -2.41. The van der Waals surface area contributed by atoms with E-state index in [0.29, 0.717) is 18.9 Å². The number of methoxy groups -OCH3 is 1. The first-order valence-electron chi connectivity index (χ1n) is 7.62. The lowest BCUT2D eigenvalue weighted by atomic mass is 10.0. The van der Waals surface area contributed by atoms with E-state index in [1.165, 1.54) is 5.56 Å². The van der Waals surface area contributed by atoms with E-state index in [9.17, 15) is 0 Å². The van der Waals surface area contributed by atoms with Gasteiger partial charge in [0.15, 0.2) is 11.5 Å². The summed E-state index contributed by atoms with van der Waals surface area (Å²) in [5.74, 6) is 1.69. The smallest absolute Gasteiger partial charge is 0.231 e. The molecular formula is C16H24N2O3.